The van der Waals surface area contributed by atoms with Gasteiger partial charge in [-0.2, -0.15) is 0 Å². The lowest BCUT2D eigenvalue weighted by Crippen LogP contribution is -2.58. The number of aliphatic hydroxyl groups is 3. The third-order valence-corrected chi connectivity index (χ3v) is 14.9. The molecule has 1 aliphatic carbocycles. The van der Waals surface area contributed by atoms with Gasteiger partial charge in [0.1, 0.15) is 42.0 Å². The molecule has 0 aromatic carbocycles. The molecule has 5 saturated heterocycles. The number of aliphatic hydroxyl groups excluding tert-OH is 2. The Bertz CT molecular complexity index is 1680. The van der Waals surface area contributed by atoms with Gasteiger partial charge in [-0.3, -0.25) is 4.79 Å². The molecule has 350 valence electrons. The average molecular weight is 875 g/mol. The van der Waals surface area contributed by atoms with Crippen LogP contribution >= 0.6 is 0 Å². The fourth-order valence-electron chi connectivity index (χ4n) is 11.0. The van der Waals surface area contributed by atoms with E-state index in [0.29, 0.717) is 61.5 Å². The molecule has 0 saturated carbocycles. The molecule has 14 nitrogen and oxygen atoms in total. The first-order valence-electron chi connectivity index (χ1n) is 23.2. The van der Waals surface area contributed by atoms with Crippen LogP contribution in [-0.2, 0) is 52.2 Å². The number of ether oxygens (including phenoxy) is 10. The standard InChI is InChI=1S/C48H74O14/c1-11-25(2)43-28(5)17-18-47(62-43)23-34-20-33(61-47)16-15-27(4)42(26(3)13-12-14-32-24-55-45-40(49)29(6)19-35(46(51)58-34)48(32,45)52)59-39-22-37(54-10)44(31(8)57-39)60-38-21-36(53-9)41(50)30(7)56-38/h12-15,19,25-26,28,30-31,33-45,49-50,52H,11,16-18,20-24H2,1-10H3/t25-,26+,28+,30+,31+,33-,34+,35+,36+,37+,38+,39+,40-,41+,42+,43-,44+,45-,47-,48-/m1/s1. The van der Waals surface area contributed by atoms with Crippen molar-refractivity contribution in [3.05, 3.63) is 47.1 Å². The summed E-state index contributed by atoms with van der Waals surface area (Å²) in [7, 11) is 3.23. The first kappa shape index (κ1) is 47.9. The topological polar surface area (TPSA) is 170 Å². The highest BCUT2D eigenvalue weighted by Gasteiger charge is 2.60. The zero-order valence-electron chi connectivity index (χ0n) is 38.5. The van der Waals surface area contributed by atoms with Crippen molar-refractivity contribution < 1.29 is 67.5 Å². The Hall–Kier alpha value is -2.05. The minimum atomic E-state index is -1.82. The van der Waals surface area contributed by atoms with E-state index in [4.69, 9.17) is 47.4 Å². The molecule has 0 radical (unpaired) electrons. The summed E-state index contributed by atoms with van der Waals surface area (Å²) in [4.78, 5) is 14.4. The number of methoxy groups -OCH3 is 2. The van der Waals surface area contributed by atoms with Gasteiger partial charge in [0.25, 0.3) is 0 Å². The minimum absolute atomic E-state index is 0.00708. The summed E-state index contributed by atoms with van der Waals surface area (Å²) in [6.07, 6.45) is 6.53. The molecule has 62 heavy (non-hydrogen) atoms. The van der Waals surface area contributed by atoms with Crippen molar-refractivity contribution in [2.24, 2.45) is 23.7 Å². The summed E-state index contributed by atoms with van der Waals surface area (Å²) in [5.41, 5.74) is 0.188. The Morgan fingerprint density at radius 3 is 2.35 bits per heavy atom. The summed E-state index contributed by atoms with van der Waals surface area (Å²) in [5.74, 6) is -2.10. The minimum Gasteiger partial charge on any atom is -0.462 e. The Kier molecular flexibility index (Phi) is 15.3. The number of carbonyl (C=O) groups excluding carboxylic acids is 1. The summed E-state index contributed by atoms with van der Waals surface area (Å²) < 4.78 is 63.9. The lowest BCUT2D eigenvalue weighted by atomic mass is 9.71. The van der Waals surface area contributed by atoms with Gasteiger partial charge in [-0.25, -0.2) is 0 Å². The van der Waals surface area contributed by atoms with Gasteiger partial charge in [0, 0.05) is 52.2 Å². The van der Waals surface area contributed by atoms with Crippen LogP contribution in [0.1, 0.15) is 107 Å². The maximum atomic E-state index is 14.4. The van der Waals surface area contributed by atoms with Crippen LogP contribution in [0, 0.1) is 23.7 Å². The van der Waals surface area contributed by atoms with E-state index in [1.54, 1.807) is 40.2 Å². The van der Waals surface area contributed by atoms with Gasteiger partial charge in [-0.05, 0) is 69.1 Å². The van der Waals surface area contributed by atoms with E-state index in [1.165, 1.54) is 0 Å². The molecule has 0 aromatic rings. The van der Waals surface area contributed by atoms with Crippen LogP contribution in [-0.4, -0.2) is 139 Å². The monoisotopic (exact) mass is 875 g/mol. The van der Waals surface area contributed by atoms with E-state index < -0.39 is 90.8 Å². The number of fused-ring (bicyclic) bond motifs is 2. The van der Waals surface area contributed by atoms with Crippen molar-refractivity contribution in [2.45, 2.75) is 204 Å². The smallest absolute Gasteiger partial charge is 0.316 e. The molecule has 7 rings (SSSR count). The lowest BCUT2D eigenvalue weighted by molar-refractivity contribution is -0.340. The molecule has 2 bridgehead atoms. The van der Waals surface area contributed by atoms with E-state index >= 15 is 0 Å². The van der Waals surface area contributed by atoms with Crippen molar-refractivity contribution in [3.8, 4) is 0 Å². The molecule has 6 heterocycles. The van der Waals surface area contributed by atoms with E-state index in [1.807, 2.05) is 19.1 Å². The van der Waals surface area contributed by atoms with Crippen LogP contribution in [0.25, 0.3) is 0 Å². The Balaban J connectivity index is 1.18. The number of hydrogen-bond acceptors (Lipinski definition) is 14. The van der Waals surface area contributed by atoms with Gasteiger partial charge in [0.2, 0.25) is 0 Å². The second kappa shape index (κ2) is 19.8. The van der Waals surface area contributed by atoms with Crippen molar-refractivity contribution in [1.29, 1.82) is 0 Å². The third-order valence-electron chi connectivity index (χ3n) is 14.9. The number of hydrogen-bond donors (Lipinski definition) is 3. The highest BCUT2D eigenvalue weighted by molar-refractivity contribution is 5.78. The molecule has 7 aliphatic rings. The van der Waals surface area contributed by atoms with Gasteiger partial charge in [-0.15, -0.1) is 0 Å². The van der Waals surface area contributed by atoms with Crippen molar-refractivity contribution >= 4 is 5.97 Å². The number of allylic oxidation sites excluding steroid dienone is 2. The average Bonchev–Trinajstić information content (AvgIpc) is 3.58. The molecule has 0 amide bonds. The lowest BCUT2D eigenvalue weighted by Gasteiger charge is -2.51. The number of rotatable bonds is 8. The normalized spacial score (nSPS) is 47.2. The molecular weight excluding hydrogens is 801 g/mol. The molecule has 0 aromatic heterocycles. The van der Waals surface area contributed by atoms with Gasteiger partial charge >= 0.3 is 5.97 Å². The zero-order valence-corrected chi connectivity index (χ0v) is 38.5. The van der Waals surface area contributed by atoms with Crippen LogP contribution < -0.4 is 0 Å². The molecule has 1 spiro atoms. The molecule has 0 unspecified atom stereocenters. The molecule has 14 heteroatoms. The maximum absolute atomic E-state index is 14.4. The summed E-state index contributed by atoms with van der Waals surface area (Å²) in [5, 5.41) is 34.2. The molecule has 6 aliphatic heterocycles. The van der Waals surface area contributed by atoms with Gasteiger partial charge in [0.15, 0.2) is 18.4 Å². The number of carbonyl (C=O) groups is 1. The summed E-state index contributed by atoms with van der Waals surface area (Å²) in [6, 6.07) is 0. The Morgan fingerprint density at radius 2 is 1.63 bits per heavy atom. The first-order chi connectivity index (χ1) is 29.5. The second-order valence-electron chi connectivity index (χ2n) is 19.4. The van der Waals surface area contributed by atoms with Gasteiger partial charge < -0.3 is 62.7 Å². The Morgan fingerprint density at radius 1 is 0.919 bits per heavy atom. The van der Waals surface area contributed by atoms with Crippen molar-refractivity contribution in [3.63, 3.8) is 0 Å². The quantitative estimate of drug-likeness (QED) is 0.204. The van der Waals surface area contributed by atoms with Gasteiger partial charge in [-0.1, -0.05) is 64.5 Å². The molecule has 5 fully saturated rings. The van der Waals surface area contributed by atoms with E-state index in [2.05, 4.69) is 40.7 Å². The molecule has 3 N–H and O–H groups in total. The van der Waals surface area contributed by atoms with Gasteiger partial charge in [0.05, 0.1) is 49.3 Å². The fraction of sp³-hybridized carbons (Fsp3) is 0.812. The predicted molar refractivity (Wildman–Crippen MR) is 227 cm³/mol. The summed E-state index contributed by atoms with van der Waals surface area (Å²) >= 11 is 0. The Labute approximate surface area is 368 Å². The maximum Gasteiger partial charge on any atom is 0.316 e. The van der Waals surface area contributed by atoms with E-state index in [0.717, 1.165) is 18.4 Å². The fourth-order valence-corrected chi connectivity index (χ4v) is 11.0. The highest BCUT2D eigenvalue weighted by Crippen LogP contribution is 2.48. The number of esters is 1. The van der Waals surface area contributed by atoms with Crippen LogP contribution in [0.2, 0.25) is 0 Å². The third kappa shape index (κ3) is 9.73. The van der Waals surface area contributed by atoms with Crippen molar-refractivity contribution in [1.82, 2.24) is 0 Å². The largest absolute Gasteiger partial charge is 0.462 e. The second-order valence-corrected chi connectivity index (χ2v) is 19.4. The van der Waals surface area contributed by atoms with Crippen LogP contribution in [0.3, 0.4) is 0 Å². The SMILES string of the molecule is CC[C@@H](C)[C@H]1O[C@]2(CC[C@@H]1C)C[C@@H]1C[C@@H](CC=C(C)[C@@H](O[C@H]3C[C@H](OC)[C@@H](O[C@H]4C[C@H](OC)[C@@H](O)[C@H](C)O4)[C@H](C)O3)[C@@H](C)C=CC=C3CO[C@@H]4[C@H](O)C(C)=C[C@@H](C(=O)O1)[C@]34O)O2. The predicted octanol–water partition coefficient (Wildman–Crippen LogP) is 5.60. The zero-order chi connectivity index (χ0) is 44.7. The van der Waals surface area contributed by atoms with Crippen molar-refractivity contribution in [2.75, 3.05) is 20.8 Å². The van der Waals surface area contributed by atoms with Crippen LogP contribution in [0.5, 0.6) is 0 Å². The van der Waals surface area contributed by atoms with Crippen LogP contribution in [0.15, 0.2) is 47.1 Å². The first-order valence-corrected chi connectivity index (χ1v) is 23.2. The summed E-state index contributed by atoms with van der Waals surface area (Å²) in [6.45, 7) is 16.3. The highest BCUT2D eigenvalue weighted by atomic mass is 16.7. The van der Waals surface area contributed by atoms with E-state index in [-0.39, 0.29) is 30.8 Å². The molecular formula is C48H74O14. The van der Waals surface area contributed by atoms with E-state index in [9.17, 15) is 20.1 Å². The molecule has 20 atom stereocenters. The van der Waals surface area contributed by atoms with Crippen LogP contribution in [0.4, 0.5) is 0 Å².